The zero-order valence-corrected chi connectivity index (χ0v) is 19.2. The molecule has 2 aliphatic rings. The average Bonchev–Trinajstić information content (AvgIpc) is 3.42. The molecule has 1 aliphatic heterocycles. The van der Waals surface area contributed by atoms with Gasteiger partial charge in [0.2, 0.25) is 0 Å². The van der Waals surface area contributed by atoms with Gasteiger partial charge in [-0.05, 0) is 73.2 Å². The van der Waals surface area contributed by atoms with E-state index in [1.54, 1.807) is 40.5 Å². The number of nitrogens with zero attached hydrogens (tertiary/aromatic N) is 2. The van der Waals surface area contributed by atoms with E-state index in [-0.39, 0.29) is 11.5 Å². The summed E-state index contributed by atoms with van der Waals surface area (Å²) >= 11 is 1.79. The zero-order chi connectivity index (χ0) is 23.2. The second-order valence-electron chi connectivity index (χ2n) is 8.79. The molecule has 0 saturated carbocycles. The maximum absolute atomic E-state index is 14.4. The van der Waals surface area contributed by atoms with Crippen LogP contribution in [-0.2, 0) is 19.4 Å². The Kier molecular flexibility index (Phi) is 5.21. The van der Waals surface area contributed by atoms with Crippen molar-refractivity contribution in [2.45, 2.75) is 38.3 Å². The lowest BCUT2D eigenvalue weighted by atomic mass is 9.95. The Bertz CT molecular complexity index is 1390. The van der Waals surface area contributed by atoms with Gasteiger partial charge in [0.05, 0.1) is 24.0 Å². The predicted molar refractivity (Wildman–Crippen MR) is 129 cm³/mol. The van der Waals surface area contributed by atoms with Gasteiger partial charge < -0.3 is 14.8 Å². The summed E-state index contributed by atoms with van der Waals surface area (Å²) in [5.74, 6) is -0.855. The number of nitrogens with one attached hydrogen (secondary N) is 1. The van der Waals surface area contributed by atoms with Crippen LogP contribution in [0.2, 0.25) is 0 Å². The molecule has 0 fully saturated rings. The smallest absolute Gasteiger partial charge is 0.310 e. The van der Waals surface area contributed by atoms with Crippen molar-refractivity contribution in [1.29, 1.82) is 0 Å². The summed E-state index contributed by atoms with van der Waals surface area (Å²) in [5.41, 5.74) is 4.14. The number of thiophene rings is 1. The summed E-state index contributed by atoms with van der Waals surface area (Å²) in [4.78, 5) is 16.8. The Morgan fingerprint density at radius 1 is 0.971 bits per heavy atom. The fourth-order valence-electron chi connectivity index (χ4n) is 5.16. The van der Waals surface area contributed by atoms with Gasteiger partial charge in [-0.25, -0.2) is 13.6 Å². The van der Waals surface area contributed by atoms with E-state index in [9.17, 15) is 13.6 Å². The molecule has 3 heterocycles. The Hall–Kier alpha value is -3.45. The minimum Gasteiger partial charge on any atom is -0.310 e. The van der Waals surface area contributed by atoms with Crippen LogP contribution < -0.4 is 5.32 Å². The van der Waals surface area contributed by atoms with Gasteiger partial charge in [0, 0.05) is 16.6 Å². The molecule has 6 rings (SSSR count). The third-order valence-electron chi connectivity index (χ3n) is 6.72. The van der Waals surface area contributed by atoms with Gasteiger partial charge in [-0.1, -0.05) is 24.3 Å². The molecule has 172 valence electrons. The summed E-state index contributed by atoms with van der Waals surface area (Å²) in [7, 11) is 0. The lowest BCUT2D eigenvalue weighted by Gasteiger charge is -2.31. The monoisotopic (exact) mass is 475 g/mol. The second-order valence-corrected chi connectivity index (χ2v) is 9.88. The van der Waals surface area contributed by atoms with E-state index in [2.05, 4.69) is 9.88 Å². The van der Waals surface area contributed by atoms with Gasteiger partial charge in [-0.3, -0.25) is 0 Å². The number of para-hydroxylation sites is 1. The molecule has 4 aromatic rings. The van der Waals surface area contributed by atoms with Crippen molar-refractivity contribution in [3.63, 3.8) is 0 Å². The number of hydrogen-bond acceptors (Lipinski definition) is 2. The molecule has 7 heteroatoms. The minimum absolute atomic E-state index is 0.123. The number of aromatic nitrogens is 1. The molecule has 0 radical (unpaired) electrons. The number of anilines is 1. The summed E-state index contributed by atoms with van der Waals surface area (Å²) in [6.07, 6.45) is 6.36. The summed E-state index contributed by atoms with van der Waals surface area (Å²) in [6, 6.07) is 15.5. The first kappa shape index (κ1) is 21.1. The summed E-state index contributed by atoms with van der Waals surface area (Å²) in [5, 5.41) is 3.88. The minimum atomic E-state index is -0.531. The number of hydrogen-bond donors (Lipinski definition) is 1. The van der Waals surface area contributed by atoms with Gasteiger partial charge in [0.25, 0.3) is 0 Å². The lowest BCUT2D eigenvalue weighted by Crippen LogP contribution is -2.38. The molecular weight excluding hydrogens is 452 g/mol. The standard InChI is InChI=1S/C27H23F2N3OS/c28-18-8-5-7-17(15-18)25-23-12-6-14-31(23)26-20(19-9-1-4-13-24(19)34-26)16-32(25)27(33)30-22-11-3-2-10-21(22)29/h2-3,5-8,10-12,14-15,25H,1,4,9,13,16H2,(H,30,33). The Labute approximate surface area is 200 Å². The Morgan fingerprint density at radius 3 is 2.68 bits per heavy atom. The van der Waals surface area contributed by atoms with Crippen molar-refractivity contribution < 1.29 is 13.6 Å². The number of benzene rings is 2. The predicted octanol–water partition coefficient (Wildman–Crippen LogP) is 6.83. The number of amides is 2. The number of urea groups is 1. The van der Waals surface area contributed by atoms with Crippen LogP contribution in [0.5, 0.6) is 0 Å². The van der Waals surface area contributed by atoms with Crippen LogP contribution in [0, 0.1) is 11.6 Å². The zero-order valence-electron chi connectivity index (χ0n) is 18.4. The maximum Gasteiger partial charge on any atom is 0.323 e. The fraction of sp³-hybridized carbons (Fsp3) is 0.222. The highest BCUT2D eigenvalue weighted by Gasteiger charge is 2.36. The van der Waals surface area contributed by atoms with Crippen LogP contribution in [0.15, 0.2) is 66.9 Å². The second kappa shape index (κ2) is 8.40. The van der Waals surface area contributed by atoms with Crippen LogP contribution in [0.1, 0.15) is 46.1 Å². The van der Waals surface area contributed by atoms with Crippen LogP contribution >= 0.6 is 11.3 Å². The van der Waals surface area contributed by atoms with E-state index in [0.717, 1.165) is 35.5 Å². The van der Waals surface area contributed by atoms with E-state index in [1.807, 2.05) is 24.4 Å². The van der Waals surface area contributed by atoms with Crippen molar-refractivity contribution in [2.75, 3.05) is 5.32 Å². The highest BCUT2D eigenvalue weighted by molar-refractivity contribution is 7.15. The van der Waals surface area contributed by atoms with Crippen molar-refractivity contribution in [1.82, 2.24) is 9.47 Å². The Morgan fingerprint density at radius 2 is 1.82 bits per heavy atom. The Balaban J connectivity index is 1.51. The lowest BCUT2D eigenvalue weighted by molar-refractivity contribution is 0.194. The van der Waals surface area contributed by atoms with E-state index in [4.69, 9.17) is 0 Å². The molecule has 2 aromatic heterocycles. The molecule has 1 N–H and O–H groups in total. The highest BCUT2D eigenvalue weighted by atomic mass is 32.1. The molecule has 2 aromatic carbocycles. The fourth-order valence-corrected chi connectivity index (χ4v) is 6.57. The molecule has 2 amide bonds. The van der Waals surface area contributed by atoms with Gasteiger partial charge >= 0.3 is 6.03 Å². The van der Waals surface area contributed by atoms with E-state index >= 15 is 0 Å². The van der Waals surface area contributed by atoms with Gasteiger partial charge in [0.1, 0.15) is 16.6 Å². The van der Waals surface area contributed by atoms with Crippen LogP contribution in [0.3, 0.4) is 0 Å². The van der Waals surface area contributed by atoms with Crippen molar-refractivity contribution in [2.24, 2.45) is 0 Å². The van der Waals surface area contributed by atoms with Crippen LogP contribution in [0.25, 0.3) is 5.00 Å². The maximum atomic E-state index is 14.4. The van der Waals surface area contributed by atoms with Crippen LogP contribution in [0.4, 0.5) is 19.3 Å². The highest BCUT2D eigenvalue weighted by Crippen LogP contribution is 2.44. The number of rotatable bonds is 2. The van der Waals surface area contributed by atoms with Gasteiger partial charge in [-0.15, -0.1) is 11.3 Å². The topological polar surface area (TPSA) is 37.3 Å². The van der Waals surface area contributed by atoms with Crippen molar-refractivity contribution in [3.05, 3.63) is 106 Å². The SMILES string of the molecule is O=C(Nc1ccccc1F)N1Cc2c(sc3c2CCCC3)-n2cccc2C1c1cccc(F)c1. The molecule has 0 saturated heterocycles. The van der Waals surface area contributed by atoms with Gasteiger partial charge in [-0.2, -0.15) is 0 Å². The van der Waals surface area contributed by atoms with E-state index in [1.165, 1.54) is 35.1 Å². The quantitative estimate of drug-likeness (QED) is 0.339. The molecule has 4 nitrogen and oxygen atoms in total. The molecule has 0 spiro atoms. The number of fused-ring (bicyclic) bond motifs is 5. The molecule has 1 aliphatic carbocycles. The van der Waals surface area contributed by atoms with E-state index in [0.29, 0.717) is 12.1 Å². The first-order valence-corrected chi connectivity index (χ1v) is 12.3. The number of aryl methyl sites for hydroxylation is 1. The molecule has 1 unspecified atom stereocenters. The third-order valence-corrected chi connectivity index (χ3v) is 8.05. The number of carbonyl (C=O) groups excluding carboxylic acids is 1. The molecular formula is C27H23F2N3OS. The molecule has 1 atom stereocenters. The van der Waals surface area contributed by atoms with Crippen LogP contribution in [-0.4, -0.2) is 15.5 Å². The largest absolute Gasteiger partial charge is 0.323 e. The number of halogens is 2. The normalized spacial score (nSPS) is 16.9. The molecule has 0 bridgehead atoms. The summed E-state index contributed by atoms with van der Waals surface area (Å²) < 4.78 is 30.8. The van der Waals surface area contributed by atoms with Gasteiger partial charge in [0.15, 0.2) is 0 Å². The first-order valence-electron chi connectivity index (χ1n) is 11.5. The number of carbonyl (C=O) groups is 1. The first-order chi connectivity index (χ1) is 16.6. The average molecular weight is 476 g/mol. The summed E-state index contributed by atoms with van der Waals surface area (Å²) in [6.45, 7) is 0.365. The van der Waals surface area contributed by atoms with Crippen molar-refractivity contribution in [3.8, 4) is 5.00 Å². The van der Waals surface area contributed by atoms with Crippen molar-refractivity contribution >= 4 is 23.1 Å². The molecule has 34 heavy (non-hydrogen) atoms. The van der Waals surface area contributed by atoms with E-state index < -0.39 is 17.9 Å². The third kappa shape index (κ3) is 3.51.